The van der Waals surface area contributed by atoms with Gasteiger partial charge in [0.15, 0.2) is 0 Å². The van der Waals surface area contributed by atoms with Gasteiger partial charge in [0.25, 0.3) is 0 Å². The van der Waals surface area contributed by atoms with Gasteiger partial charge in [0.2, 0.25) is 0 Å². The number of carbonyl (C=O) groups is 1. The molecule has 1 fully saturated rings. The summed E-state index contributed by atoms with van der Waals surface area (Å²) in [6, 6.07) is 6.55. The van der Waals surface area contributed by atoms with E-state index in [0.717, 1.165) is 12.8 Å². The minimum absolute atomic E-state index is 0.0212. The second-order valence-corrected chi connectivity index (χ2v) is 4.68. The van der Waals surface area contributed by atoms with E-state index in [1.807, 2.05) is 0 Å². The number of carboxylic acid groups (broad SMARTS) is 1. The van der Waals surface area contributed by atoms with Crippen LogP contribution in [0.1, 0.15) is 29.6 Å². The fraction of sp³-hybridized carbons (Fsp3) is 0.385. The zero-order valence-electron chi connectivity index (χ0n) is 9.85. The van der Waals surface area contributed by atoms with Crippen molar-refractivity contribution in [2.75, 3.05) is 12.3 Å². The molecule has 0 aliphatic heterocycles. The largest absolute Gasteiger partial charge is 0.491 e. The first-order chi connectivity index (χ1) is 8.56. The molecular weight excluding hydrogens is 232 g/mol. The number of benzene rings is 1. The number of hydrogen-bond acceptors (Lipinski definition) is 4. The lowest BCUT2D eigenvalue weighted by molar-refractivity contribution is 0.0697. The van der Waals surface area contributed by atoms with E-state index in [1.54, 1.807) is 6.07 Å². The summed E-state index contributed by atoms with van der Waals surface area (Å²) >= 11 is 0. The third-order valence-corrected chi connectivity index (χ3v) is 3.20. The molecule has 0 radical (unpaired) electrons. The van der Waals surface area contributed by atoms with Crippen LogP contribution in [0, 0.1) is 16.7 Å². The minimum Gasteiger partial charge on any atom is -0.491 e. The number of nitrogens with zero attached hydrogens (tertiary/aromatic N) is 1. The molecule has 0 heterocycles. The van der Waals surface area contributed by atoms with E-state index in [1.165, 1.54) is 12.1 Å². The van der Waals surface area contributed by atoms with Gasteiger partial charge in [-0.3, -0.25) is 0 Å². The van der Waals surface area contributed by atoms with E-state index < -0.39 is 5.97 Å². The van der Waals surface area contributed by atoms with E-state index in [-0.39, 0.29) is 11.0 Å². The van der Waals surface area contributed by atoms with Crippen molar-refractivity contribution >= 4 is 11.7 Å². The van der Waals surface area contributed by atoms with Crippen LogP contribution in [0.4, 0.5) is 5.69 Å². The summed E-state index contributed by atoms with van der Waals surface area (Å²) < 4.78 is 5.58. The van der Waals surface area contributed by atoms with Crippen LogP contribution in [0.25, 0.3) is 0 Å². The Hall–Kier alpha value is -2.22. The number of aromatic carboxylic acids is 1. The maximum Gasteiger partial charge on any atom is 0.335 e. The lowest BCUT2D eigenvalue weighted by atomic mass is 10.1. The molecule has 0 aromatic heterocycles. The zero-order chi connectivity index (χ0) is 13.2. The number of anilines is 1. The number of rotatable bonds is 5. The van der Waals surface area contributed by atoms with Crippen molar-refractivity contribution in [3.8, 4) is 11.8 Å². The van der Waals surface area contributed by atoms with Gasteiger partial charge >= 0.3 is 5.97 Å². The normalized spacial score (nSPS) is 15.7. The van der Waals surface area contributed by atoms with E-state index in [9.17, 15) is 4.79 Å². The molecular formula is C13H14N2O3. The maximum atomic E-state index is 10.7. The predicted octanol–water partition coefficient (Wildman–Crippen LogP) is 2.04. The first-order valence-electron chi connectivity index (χ1n) is 5.69. The summed E-state index contributed by atoms with van der Waals surface area (Å²) in [4.78, 5) is 10.7. The van der Waals surface area contributed by atoms with Gasteiger partial charge in [0, 0.05) is 11.8 Å². The molecule has 1 aromatic carbocycles. The number of nitrogens with two attached hydrogens (primary N) is 1. The van der Waals surface area contributed by atoms with Gasteiger partial charge < -0.3 is 15.6 Å². The molecule has 1 aliphatic carbocycles. The Morgan fingerprint density at radius 2 is 2.28 bits per heavy atom. The van der Waals surface area contributed by atoms with Crippen LogP contribution in [0.2, 0.25) is 0 Å². The number of carboxylic acids is 1. The standard InChI is InChI=1S/C13H14N2O3/c14-6-5-13(3-4-13)8-18-11-2-1-9(12(16)17)7-10(11)15/h1-2,7H,3-5,8,15H2,(H,16,17). The summed E-state index contributed by atoms with van der Waals surface area (Å²) in [6.07, 6.45) is 2.47. The van der Waals surface area contributed by atoms with Gasteiger partial charge in [-0.2, -0.15) is 5.26 Å². The molecule has 1 saturated carbocycles. The monoisotopic (exact) mass is 246 g/mol. The maximum absolute atomic E-state index is 10.7. The molecule has 0 saturated heterocycles. The first kappa shape index (κ1) is 12.2. The molecule has 1 aromatic rings. The third kappa shape index (κ3) is 2.54. The van der Waals surface area contributed by atoms with Gasteiger partial charge in [0.05, 0.1) is 23.9 Å². The van der Waals surface area contributed by atoms with E-state index in [0.29, 0.717) is 24.5 Å². The van der Waals surface area contributed by atoms with Crippen molar-refractivity contribution in [3.05, 3.63) is 23.8 Å². The van der Waals surface area contributed by atoms with E-state index in [4.69, 9.17) is 20.8 Å². The molecule has 3 N–H and O–H groups in total. The number of nitrogen functional groups attached to an aromatic ring is 1. The fourth-order valence-corrected chi connectivity index (χ4v) is 1.76. The van der Waals surface area contributed by atoms with Crippen LogP contribution in [0.15, 0.2) is 18.2 Å². The van der Waals surface area contributed by atoms with Crippen molar-refractivity contribution in [1.29, 1.82) is 5.26 Å². The lowest BCUT2D eigenvalue weighted by Gasteiger charge is -2.14. The Labute approximate surface area is 105 Å². The molecule has 0 unspecified atom stereocenters. The highest BCUT2D eigenvalue weighted by Crippen LogP contribution is 2.48. The van der Waals surface area contributed by atoms with Gasteiger partial charge in [0.1, 0.15) is 5.75 Å². The predicted molar refractivity (Wildman–Crippen MR) is 65.2 cm³/mol. The Kier molecular flexibility index (Phi) is 3.11. The molecule has 0 spiro atoms. The van der Waals surface area contributed by atoms with Gasteiger partial charge in [-0.25, -0.2) is 4.79 Å². The Bertz CT molecular complexity index is 515. The van der Waals surface area contributed by atoms with Gasteiger partial charge in [-0.15, -0.1) is 0 Å². The molecule has 2 rings (SSSR count). The third-order valence-electron chi connectivity index (χ3n) is 3.20. The smallest absolute Gasteiger partial charge is 0.335 e. The van der Waals surface area contributed by atoms with Crippen LogP contribution in [0.3, 0.4) is 0 Å². The average Bonchev–Trinajstić information content (AvgIpc) is 3.08. The Morgan fingerprint density at radius 3 is 2.78 bits per heavy atom. The first-order valence-corrected chi connectivity index (χ1v) is 5.69. The SMILES string of the molecule is N#CCC1(COc2ccc(C(=O)O)cc2N)CC1. The summed E-state index contributed by atoms with van der Waals surface area (Å²) in [5, 5.41) is 17.5. The summed E-state index contributed by atoms with van der Waals surface area (Å²) in [7, 11) is 0. The number of ether oxygens (including phenoxy) is 1. The number of nitriles is 1. The summed E-state index contributed by atoms with van der Waals surface area (Å²) in [5.41, 5.74) is 6.15. The van der Waals surface area contributed by atoms with Crippen molar-refractivity contribution in [2.24, 2.45) is 5.41 Å². The average molecular weight is 246 g/mol. The molecule has 1 aliphatic rings. The highest BCUT2D eigenvalue weighted by Gasteiger charge is 2.43. The molecule has 0 bridgehead atoms. The van der Waals surface area contributed by atoms with Crippen molar-refractivity contribution in [1.82, 2.24) is 0 Å². The highest BCUT2D eigenvalue weighted by molar-refractivity contribution is 5.89. The van der Waals surface area contributed by atoms with Gasteiger partial charge in [-0.05, 0) is 31.0 Å². The van der Waals surface area contributed by atoms with Gasteiger partial charge in [-0.1, -0.05) is 0 Å². The second kappa shape index (κ2) is 4.57. The Morgan fingerprint density at radius 1 is 1.56 bits per heavy atom. The molecule has 0 atom stereocenters. The second-order valence-electron chi connectivity index (χ2n) is 4.68. The van der Waals surface area contributed by atoms with Crippen LogP contribution in [-0.4, -0.2) is 17.7 Å². The lowest BCUT2D eigenvalue weighted by Crippen LogP contribution is -2.13. The van der Waals surface area contributed by atoms with Crippen LogP contribution < -0.4 is 10.5 Å². The highest BCUT2D eigenvalue weighted by atomic mass is 16.5. The van der Waals surface area contributed by atoms with Crippen LogP contribution in [-0.2, 0) is 0 Å². The van der Waals surface area contributed by atoms with E-state index >= 15 is 0 Å². The molecule has 5 heteroatoms. The molecule has 18 heavy (non-hydrogen) atoms. The fourth-order valence-electron chi connectivity index (χ4n) is 1.76. The molecule has 94 valence electrons. The van der Waals surface area contributed by atoms with Crippen molar-refractivity contribution in [2.45, 2.75) is 19.3 Å². The quantitative estimate of drug-likeness (QED) is 0.775. The topological polar surface area (TPSA) is 96.3 Å². The van der Waals surface area contributed by atoms with Crippen LogP contribution in [0.5, 0.6) is 5.75 Å². The minimum atomic E-state index is -1.02. The molecule has 5 nitrogen and oxygen atoms in total. The van der Waals surface area contributed by atoms with Crippen molar-refractivity contribution < 1.29 is 14.6 Å². The summed E-state index contributed by atoms with van der Waals surface area (Å²) in [5.74, 6) is -0.541. The molecule has 0 amide bonds. The Balaban J connectivity index is 2.02. The number of hydrogen-bond donors (Lipinski definition) is 2. The zero-order valence-corrected chi connectivity index (χ0v) is 9.85. The van der Waals surface area contributed by atoms with E-state index in [2.05, 4.69) is 6.07 Å². The summed E-state index contributed by atoms with van der Waals surface area (Å²) in [6.45, 7) is 0.456. The van der Waals surface area contributed by atoms with Crippen LogP contribution >= 0.6 is 0 Å². The van der Waals surface area contributed by atoms with Crippen molar-refractivity contribution in [3.63, 3.8) is 0 Å².